The summed E-state index contributed by atoms with van der Waals surface area (Å²) in [7, 11) is 0. The Morgan fingerprint density at radius 3 is 2.73 bits per heavy atom. The van der Waals surface area contributed by atoms with Crippen molar-refractivity contribution in [3.8, 4) is 5.69 Å². The Bertz CT molecular complexity index is 1040. The number of benzene rings is 1. The average molecular weight is 369 g/mol. The Hall–Kier alpha value is -2.87. The molecule has 2 aromatic heterocycles. The van der Waals surface area contributed by atoms with Crippen LogP contribution in [-0.4, -0.2) is 37.2 Å². The van der Waals surface area contributed by atoms with Gasteiger partial charge in [0.2, 0.25) is 5.28 Å². The predicted octanol–water partition coefficient (Wildman–Crippen LogP) is 2.51. The summed E-state index contributed by atoms with van der Waals surface area (Å²) >= 11 is 6.37. The largest absolute Gasteiger partial charge is 0.267 e. The summed E-state index contributed by atoms with van der Waals surface area (Å²) in [6.45, 7) is 6.76. The Kier molecular flexibility index (Phi) is 3.00. The number of amidine groups is 1. The first-order valence-corrected chi connectivity index (χ1v) is 8.71. The fraction of sp³-hybridized carbons (Fsp3) is 0.294. The van der Waals surface area contributed by atoms with Crippen molar-refractivity contribution in [2.24, 2.45) is 4.99 Å². The Morgan fingerprint density at radius 2 is 1.96 bits per heavy atom. The molecule has 8 nitrogen and oxygen atoms in total. The van der Waals surface area contributed by atoms with Gasteiger partial charge in [-0.3, -0.25) is 4.57 Å². The summed E-state index contributed by atoms with van der Waals surface area (Å²) in [5.41, 5.74) is 2.80. The number of rotatable bonds is 1. The molecule has 0 bridgehead atoms. The van der Waals surface area contributed by atoms with Gasteiger partial charge in [0.1, 0.15) is 0 Å². The van der Waals surface area contributed by atoms with Crippen molar-refractivity contribution in [2.75, 3.05) is 16.8 Å². The number of para-hydroxylation sites is 1. The summed E-state index contributed by atoms with van der Waals surface area (Å²) in [6, 6.07) is 8.02. The Balaban J connectivity index is 1.64. The van der Waals surface area contributed by atoms with E-state index in [9.17, 15) is 0 Å². The first kappa shape index (κ1) is 15.4. The number of aromatic nitrogens is 5. The molecule has 0 aliphatic carbocycles. The second-order valence-corrected chi connectivity index (χ2v) is 7.66. The maximum absolute atomic E-state index is 6.37. The molecule has 0 N–H and O–H groups in total. The van der Waals surface area contributed by atoms with E-state index in [1.807, 2.05) is 45.2 Å². The molecule has 0 unspecified atom stereocenters. The van der Waals surface area contributed by atoms with Crippen LogP contribution in [-0.2, 0) is 5.41 Å². The lowest BCUT2D eigenvalue weighted by atomic mass is 9.93. The van der Waals surface area contributed by atoms with Gasteiger partial charge in [-0.2, -0.15) is 10.1 Å². The smallest absolute Gasteiger partial charge is 0.209 e. The minimum absolute atomic E-state index is 0.0821. The number of hydrogen-bond donors (Lipinski definition) is 0. The van der Waals surface area contributed by atoms with Gasteiger partial charge >= 0.3 is 0 Å². The van der Waals surface area contributed by atoms with E-state index in [0.29, 0.717) is 12.0 Å². The minimum Gasteiger partial charge on any atom is -0.267 e. The van der Waals surface area contributed by atoms with E-state index in [-0.39, 0.29) is 5.41 Å². The summed E-state index contributed by atoms with van der Waals surface area (Å²) in [4.78, 5) is 10.7. The quantitative estimate of drug-likeness (QED) is 0.660. The van der Waals surface area contributed by atoms with Crippen LogP contribution in [0.5, 0.6) is 0 Å². The van der Waals surface area contributed by atoms with Gasteiger partial charge in [0, 0.05) is 11.0 Å². The molecular weight excluding hydrogens is 352 g/mol. The molecule has 0 amide bonds. The topological polar surface area (TPSA) is 67.4 Å². The highest BCUT2D eigenvalue weighted by Gasteiger charge is 2.38. The third kappa shape index (κ3) is 2.02. The molecule has 0 radical (unpaired) electrons. The van der Waals surface area contributed by atoms with Gasteiger partial charge in [-0.1, -0.05) is 32.9 Å². The Labute approximate surface area is 155 Å². The molecular formula is C17H17ClN8. The Morgan fingerprint density at radius 1 is 1.15 bits per heavy atom. The summed E-state index contributed by atoms with van der Waals surface area (Å²) in [5, 5.41) is 12.9. The molecule has 4 heterocycles. The van der Waals surface area contributed by atoms with E-state index >= 15 is 0 Å². The second-order valence-electron chi connectivity index (χ2n) is 7.32. The van der Waals surface area contributed by atoms with E-state index in [4.69, 9.17) is 16.6 Å². The zero-order valence-corrected chi connectivity index (χ0v) is 15.4. The van der Waals surface area contributed by atoms with Crippen LogP contribution in [0.25, 0.3) is 5.69 Å². The summed E-state index contributed by atoms with van der Waals surface area (Å²) in [6.07, 6.45) is 3.68. The monoisotopic (exact) mass is 368 g/mol. The lowest BCUT2D eigenvalue weighted by molar-refractivity contribution is 0.543. The van der Waals surface area contributed by atoms with Gasteiger partial charge in [-0.15, -0.1) is 9.89 Å². The molecule has 0 saturated carbocycles. The highest BCUT2D eigenvalue weighted by molar-refractivity contribution is 6.29. The van der Waals surface area contributed by atoms with Crippen molar-refractivity contribution in [2.45, 2.75) is 26.2 Å². The van der Waals surface area contributed by atoms with Crippen molar-refractivity contribution in [3.63, 3.8) is 0 Å². The van der Waals surface area contributed by atoms with Gasteiger partial charge in [0.05, 0.1) is 23.8 Å². The van der Waals surface area contributed by atoms with Crippen molar-refractivity contribution in [1.82, 2.24) is 24.7 Å². The molecule has 5 rings (SSSR count). The number of halogens is 1. The number of hydrazine groups is 1. The maximum Gasteiger partial charge on any atom is 0.209 e. The number of fused-ring (bicyclic) bond motifs is 6. The van der Waals surface area contributed by atoms with Crippen molar-refractivity contribution >= 4 is 23.3 Å². The van der Waals surface area contributed by atoms with Crippen molar-refractivity contribution in [3.05, 3.63) is 53.2 Å². The van der Waals surface area contributed by atoms with Crippen LogP contribution in [0.15, 0.2) is 41.7 Å². The van der Waals surface area contributed by atoms with Crippen molar-refractivity contribution < 1.29 is 0 Å². The third-order valence-electron chi connectivity index (χ3n) is 4.57. The van der Waals surface area contributed by atoms with E-state index in [2.05, 4.69) is 36.1 Å². The number of aliphatic imine (C=N–C) groups is 1. The standard InChI is InChI=1S/C17H17ClN8/c1-17(2,3)13-9-23(22-21-13)24-10-20-15-11-6-4-5-7-12(11)25-14(26(15)24)8-19-16(25)18/h4-9H,10H2,1-3H3. The molecule has 0 fully saturated rings. The van der Waals surface area contributed by atoms with Crippen LogP contribution < -0.4 is 10.1 Å². The average Bonchev–Trinajstić information content (AvgIpc) is 3.31. The predicted molar refractivity (Wildman–Crippen MR) is 99.4 cm³/mol. The van der Waals surface area contributed by atoms with E-state index in [0.717, 1.165) is 28.6 Å². The summed E-state index contributed by atoms with van der Waals surface area (Å²) in [5.74, 6) is 1.66. The SMILES string of the molecule is CC(C)(C)c1cn(N2CN=C3c4ccccc4-n4c(cnc4Cl)N32)nn1. The number of anilines is 1. The molecule has 0 saturated heterocycles. The van der Waals surface area contributed by atoms with Gasteiger partial charge in [-0.25, -0.2) is 9.98 Å². The molecule has 0 spiro atoms. The lowest BCUT2D eigenvalue weighted by Gasteiger charge is -2.34. The van der Waals surface area contributed by atoms with Crippen LogP contribution in [0.3, 0.4) is 0 Å². The molecule has 1 aromatic carbocycles. The number of nitrogens with zero attached hydrogens (tertiary/aromatic N) is 8. The lowest BCUT2D eigenvalue weighted by Crippen LogP contribution is -2.51. The zero-order chi connectivity index (χ0) is 18.1. The highest BCUT2D eigenvalue weighted by Crippen LogP contribution is 2.36. The fourth-order valence-corrected chi connectivity index (χ4v) is 3.44. The molecule has 132 valence electrons. The molecule has 0 atom stereocenters. The maximum atomic E-state index is 6.37. The molecule has 26 heavy (non-hydrogen) atoms. The van der Waals surface area contributed by atoms with Crippen LogP contribution in [0.2, 0.25) is 5.28 Å². The van der Waals surface area contributed by atoms with Crippen LogP contribution in [0, 0.1) is 0 Å². The molecule has 2 aliphatic heterocycles. The van der Waals surface area contributed by atoms with E-state index in [1.54, 1.807) is 11.0 Å². The fourth-order valence-electron chi connectivity index (χ4n) is 3.21. The van der Waals surface area contributed by atoms with Gasteiger partial charge in [0.15, 0.2) is 18.3 Å². The molecule has 2 aliphatic rings. The van der Waals surface area contributed by atoms with Crippen LogP contribution in [0.4, 0.5) is 5.82 Å². The normalized spacial score (nSPS) is 15.6. The zero-order valence-electron chi connectivity index (χ0n) is 14.6. The highest BCUT2D eigenvalue weighted by atomic mass is 35.5. The first-order valence-electron chi connectivity index (χ1n) is 8.33. The van der Waals surface area contributed by atoms with Crippen LogP contribution in [0.1, 0.15) is 32.0 Å². The third-order valence-corrected chi connectivity index (χ3v) is 4.83. The summed E-state index contributed by atoms with van der Waals surface area (Å²) < 4.78 is 1.91. The van der Waals surface area contributed by atoms with Gasteiger partial charge in [0.25, 0.3) is 0 Å². The number of hydrogen-bond acceptors (Lipinski definition) is 6. The van der Waals surface area contributed by atoms with Crippen molar-refractivity contribution in [1.29, 1.82) is 0 Å². The first-order chi connectivity index (χ1) is 12.4. The number of imidazole rings is 1. The van der Waals surface area contributed by atoms with E-state index in [1.165, 1.54) is 0 Å². The van der Waals surface area contributed by atoms with Gasteiger partial charge < -0.3 is 0 Å². The minimum atomic E-state index is -0.0821. The van der Waals surface area contributed by atoms with Crippen LogP contribution >= 0.6 is 11.6 Å². The molecule has 3 aromatic rings. The molecule has 9 heteroatoms. The van der Waals surface area contributed by atoms with E-state index < -0.39 is 0 Å². The van der Waals surface area contributed by atoms with Gasteiger partial charge in [-0.05, 0) is 28.9 Å². The second kappa shape index (κ2) is 5.07.